The Hall–Kier alpha value is -1.67. The van der Waals surface area contributed by atoms with Crippen LogP contribution in [0.3, 0.4) is 0 Å². The zero-order valence-corrected chi connectivity index (χ0v) is 9.26. The Labute approximate surface area is 94.7 Å². The molecule has 0 aliphatic carbocycles. The smallest absolute Gasteiger partial charge is 0.183 e. The van der Waals surface area contributed by atoms with E-state index in [0.717, 1.165) is 26.2 Å². The highest BCUT2D eigenvalue weighted by atomic mass is 16.5. The standard InChI is InChI=1S/C11H14N4O/c1-15(7-9-2-5-16-8-9)11-10(6-12)13-3-4-14-11/h3-4,9H,2,5,7-8H2,1H3. The van der Waals surface area contributed by atoms with Crippen LogP contribution in [0.25, 0.3) is 0 Å². The quantitative estimate of drug-likeness (QED) is 0.751. The number of hydrogen-bond donors (Lipinski definition) is 0. The van der Waals surface area contributed by atoms with Gasteiger partial charge in [0.15, 0.2) is 11.5 Å². The molecule has 1 aromatic rings. The number of rotatable bonds is 3. The van der Waals surface area contributed by atoms with Gasteiger partial charge in [0, 0.05) is 38.5 Å². The van der Waals surface area contributed by atoms with Crippen molar-refractivity contribution in [1.82, 2.24) is 9.97 Å². The number of ether oxygens (including phenoxy) is 1. The van der Waals surface area contributed by atoms with Gasteiger partial charge in [-0.1, -0.05) is 0 Å². The van der Waals surface area contributed by atoms with E-state index in [1.54, 1.807) is 6.20 Å². The number of nitriles is 1. The lowest BCUT2D eigenvalue weighted by Gasteiger charge is -2.21. The van der Waals surface area contributed by atoms with E-state index in [2.05, 4.69) is 16.0 Å². The number of nitrogens with zero attached hydrogens (tertiary/aromatic N) is 4. The van der Waals surface area contributed by atoms with Crippen LogP contribution >= 0.6 is 0 Å². The van der Waals surface area contributed by atoms with Gasteiger partial charge in [0.25, 0.3) is 0 Å². The fourth-order valence-electron chi connectivity index (χ4n) is 1.89. The minimum atomic E-state index is 0.379. The SMILES string of the molecule is CN(CC1CCOC1)c1nccnc1C#N. The maximum absolute atomic E-state index is 8.92. The molecule has 0 N–H and O–H groups in total. The van der Waals surface area contributed by atoms with Gasteiger partial charge >= 0.3 is 0 Å². The summed E-state index contributed by atoms with van der Waals surface area (Å²) >= 11 is 0. The third kappa shape index (κ3) is 2.28. The molecular weight excluding hydrogens is 204 g/mol. The van der Waals surface area contributed by atoms with E-state index in [1.165, 1.54) is 6.20 Å². The van der Waals surface area contributed by atoms with E-state index >= 15 is 0 Å². The van der Waals surface area contributed by atoms with Gasteiger partial charge in [0.1, 0.15) is 6.07 Å². The lowest BCUT2D eigenvalue weighted by Crippen LogP contribution is -2.27. The summed E-state index contributed by atoms with van der Waals surface area (Å²) in [5.41, 5.74) is 0.379. The molecule has 5 heteroatoms. The molecule has 2 rings (SSSR count). The van der Waals surface area contributed by atoms with Crippen LogP contribution < -0.4 is 4.90 Å². The highest BCUT2D eigenvalue weighted by Gasteiger charge is 2.19. The molecule has 1 aliphatic rings. The van der Waals surface area contributed by atoms with Crippen LogP contribution in [0.4, 0.5) is 5.82 Å². The molecule has 1 atom stereocenters. The number of anilines is 1. The molecule has 1 fully saturated rings. The van der Waals surface area contributed by atoms with Gasteiger partial charge in [-0.05, 0) is 6.42 Å². The maximum atomic E-state index is 8.92. The Morgan fingerprint density at radius 3 is 3.06 bits per heavy atom. The fraction of sp³-hybridized carbons (Fsp3) is 0.545. The second-order valence-corrected chi connectivity index (χ2v) is 3.95. The van der Waals surface area contributed by atoms with Gasteiger partial charge in [0.2, 0.25) is 0 Å². The average Bonchev–Trinajstić information content (AvgIpc) is 2.81. The maximum Gasteiger partial charge on any atom is 0.183 e. The summed E-state index contributed by atoms with van der Waals surface area (Å²) in [6.45, 7) is 2.49. The molecule has 0 bridgehead atoms. The van der Waals surface area contributed by atoms with E-state index in [4.69, 9.17) is 10.00 Å². The average molecular weight is 218 g/mol. The second kappa shape index (κ2) is 4.90. The largest absolute Gasteiger partial charge is 0.381 e. The molecule has 0 aromatic carbocycles. The van der Waals surface area contributed by atoms with Crippen LogP contribution in [0, 0.1) is 17.2 Å². The molecular formula is C11H14N4O. The zero-order chi connectivity index (χ0) is 11.4. The summed E-state index contributed by atoms with van der Waals surface area (Å²) < 4.78 is 5.32. The molecule has 16 heavy (non-hydrogen) atoms. The lowest BCUT2D eigenvalue weighted by atomic mass is 10.1. The third-order valence-electron chi connectivity index (χ3n) is 2.70. The molecule has 0 radical (unpaired) electrons. The predicted molar refractivity (Wildman–Crippen MR) is 58.9 cm³/mol. The minimum Gasteiger partial charge on any atom is -0.381 e. The van der Waals surface area contributed by atoms with Gasteiger partial charge in [-0.3, -0.25) is 0 Å². The van der Waals surface area contributed by atoms with E-state index in [-0.39, 0.29) is 0 Å². The van der Waals surface area contributed by atoms with Gasteiger partial charge in [-0.25, -0.2) is 9.97 Å². The first-order valence-electron chi connectivity index (χ1n) is 5.31. The number of aromatic nitrogens is 2. The van der Waals surface area contributed by atoms with E-state index in [9.17, 15) is 0 Å². The van der Waals surface area contributed by atoms with Gasteiger partial charge in [0.05, 0.1) is 6.61 Å². The first kappa shape index (κ1) is 10.8. The summed E-state index contributed by atoms with van der Waals surface area (Å²) in [7, 11) is 1.93. The zero-order valence-electron chi connectivity index (χ0n) is 9.26. The van der Waals surface area contributed by atoms with Crippen LogP contribution in [0.5, 0.6) is 0 Å². The van der Waals surface area contributed by atoms with Crippen LogP contribution in [0.15, 0.2) is 12.4 Å². The van der Waals surface area contributed by atoms with Crippen molar-refractivity contribution in [2.75, 3.05) is 31.7 Å². The van der Waals surface area contributed by atoms with Crippen molar-refractivity contribution in [3.05, 3.63) is 18.1 Å². The molecule has 0 saturated carbocycles. The Kier molecular flexibility index (Phi) is 3.32. The summed E-state index contributed by atoms with van der Waals surface area (Å²) in [5, 5.41) is 8.92. The van der Waals surface area contributed by atoms with E-state index in [0.29, 0.717) is 17.4 Å². The van der Waals surface area contributed by atoms with Crippen LogP contribution in [-0.2, 0) is 4.74 Å². The second-order valence-electron chi connectivity index (χ2n) is 3.95. The molecule has 1 unspecified atom stereocenters. The monoisotopic (exact) mass is 218 g/mol. The molecule has 1 aromatic heterocycles. The Morgan fingerprint density at radius 1 is 1.56 bits per heavy atom. The van der Waals surface area contributed by atoms with Gasteiger partial charge in [-0.2, -0.15) is 5.26 Å². The first-order valence-corrected chi connectivity index (χ1v) is 5.31. The fourth-order valence-corrected chi connectivity index (χ4v) is 1.89. The van der Waals surface area contributed by atoms with E-state index < -0.39 is 0 Å². The topological polar surface area (TPSA) is 62.0 Å². The van der Waals surface area contributed by atoms with Crippen molar-refractivity contribution in [3.8, 4) is 6.07 Å². The Balaban J connectivity index is 2.08. The summed E-state index contributed by atoms with van der Waals surface area (Å²) in [6.07, 6.45) is 4.22. The first-order chi connectivity index (χ1) is 7.81. The number of hydrogen-bond acceptors (Lipinski definition) is 5. The molecule has 2 heterocycles. The van der Waals surface area contributed by atoms with Crippen molar-refractivity contribution in [2.45, 2.75) is 6.42 Å². The molecule has 84 valence electrons. The molecule has 5 nitrogen and oxygen atoms in total. The minimum absolute atomic E-state index is 0.379. The van der Waals surface area contributed by atoms with Crippen molar-refractivity contribution in [2.24, 2.45) is 5.92 Å². The summed E-state index contributed by atoms with van der Waals surface area (Å²) in [4.78, 5) is 10.2. The van der Waals surface area contributed by atoms with Crippen molar-refractivity contribution < 1.29 is 4.74 Å². The molecule has 0 amide bonds. The normalized spacial score (nSPS) is 19.4. The summed E-state index contributed by atoms with van der Waals surface area (Å²) in [5.74, 6) is 1.18. The van der Waals surface area contributed by atoms with Crippen LogP contribution in [-0.4, -0.2) is 36.8 Å². The van der Waals surface area contributed by atoms with Gasteiger partial charge < -0.3 is 9.64 Å². The van der Waals surface area contributed by atoms with Crippen LogP contribution in [0.2, 0.25) is 0 Å². The molecule has 0 spiro atoms. The summed E-state index contributed by atoms with van der Waals surface area (Å²) in [6, 6.07) is 2.05. The molecule has 1 aliphatic heterocycles. The van der Waals surface area contributed by atoms with E-state index in [1.807, 2.05) is 11.9 Å². The van der Waals surface area contributed by atoms with Crippen LogP contribution in [0.1, 0.15) is 12.1 Å². The van der Waals surface area contributed by atoms with Crippen molar-refractivity contribution in [3.63, 3.8) is 0 Å². The highest BCUT2D eigenvalue weighted by molar-refractivity contribution is 5.48. The predicted octanol–water partition coefficient (Wildman–Crippen LogP) is 0.821. The Bertz CT molecular complexity index is 395. The Morgan fingerprint density at radius 2 is 2.38 bits per heavy atom. The molecule has 1 saturated heterocycles. The third-order valence-corrected chi connectivity index (χ3v) is 2.70. The van der Waals surface area contributed by atoms with Crippen molar-refractivity contribution >= 4 is 5.82 Å². The van der Waals surface area contributed by atoms with Crippen molar-refractivity contribution in [1.29, 1.82) is 5.26 Å². The lowest BCUT2D eigenvalue weighted by molar-refractivity contribution is 0.186. The highest BCUT2D eigenvalue weighted by Crippen LogP contribution is 2.18. The van der Waals surface area contributed by atoms with Gasteiger partial charge in [-0.15, -0.1) is 0 Å².